The summed E-state index contributed by atoms with van der Waals surface area (Å²) >= 11 is 0. The van der Waals surface area contributed by atoms with Gasteiger partial charge in [-0.2, -0.15) is 0 Å². The highest BCUT2D eigenvalue weighted by molar-refractivity contribution is 6.05. The molecule has 2 rings (SSSR count). The minimum absolute atomic E-state index is 0.133. The van der Waals surface area contributed by atoms with E-state index in [-0.39, 0.29) is 18.7 Å². The molecule has 0 spiro atoms. The van der Waals surface area contributed by atoms with Crippen LogP contribution in [0.4, 0.5) is 8.78 Å². The summed E-state index contributed by atoms with van der Waals surface area (Å²) in [6.45, 7) is -1.20. The number of aliphatic hydroxyl groups excluding tert-OH is 1. The van der Waals surface area contributed by atoms with Crippen LogP contribution in [0.2, 0.25) is 0 Å². The Bertz CT molecular complexity index is 599. The Morgan fingerprint density at radius 3 is 2.75 bits per heavy atom. The first-order chi connectivity index (χ1) is 9.63. The second kappa shape index (κ2) is 6.38. The van der Waals surface area contributed by atoms with Gasteiger partial charge in [-0.3, -0.25) is 9.78 Å². The lowest BCUT2D eigenvalue weighted by Crippen LogP contribution is -2.37. The van der Waals surface area contributed by atoms with Gasteiger partial charge in [-0.25, -0.2) is 8.78 Å². The second-order valence-corrected chi connectivity index (χ2v) is 4.25. The van der Waals surface area contributed by atoms with Crippen molar-refractivity contribution in [3.8, 4) is 0 Å². The van der Waals surface area contributed by atoms with Gasteiger partial charge in [0.1, 0.15) is 0 Å². The summed E-state index contributed by atoms with van der Waals surface area (Å²) in [4.78, 5) is 17.4. The standard InChI is InChI=1S/C14H14F2N2O2/c15-12(16)9-18(7-8-19)14(20)11-5-1-3-10-4-2-6-17-13(10)11/h1-6,12,19H,7-9H2. The minimum atomic E-state index is -2.64. The van der Waals surface area contributed by atoms with Crippen LogP contribution in [0.15, 0.2) is 36.5 Å². The van der Waals surface area contributed by atoms with E-state index in [2.05, 4.69) is 4.98 Å². The average Bonchev–Trinajstić information content (AvgIpc) is 2.45. The number of benzene rings is 1. The van der Waals surface area contributed by atoms with Crippen molar-refractivity contribution in [2.75, 3.05) is 19.7 Å². The molecule has 1 aromatic heterocycles. The first-order valence-electron chi connectivity index (χ1n) is 6.15. The van der Waals surface area contributed by atoms with Crippen LogP contribution in [0.5, 0.6) is 0 Å². The Labute approximate surface area is 114 Å². The van der Waals surface area contributed by atoms with Crippen molar-refractivity contribution in [3.05, 3.63) is 42.1 Å². The van der Waals surface area contributed by atoms with Crippen molar-refractivity contribution in [2.24, 2.45) is 0 Å². The Hall–Kier alpha value is -2.08. The summed E-state index contributed by atoms with van der Waals surface area (Å²) in [5.41, 5.74) is 0.731. The zero-order valence-electron chi connectivity index (χ0n) is 10.7. The van der Waals surface area contributed by atoms with E-state index in [1.54, 1.807) is 36.5 Å². The number of alkyl halides is 2. The van der Waals surface area contributed by atoms with Gasteiger partial charge in [-0.15, -0.1) is 0 Å². The van der Waals surface area contributed by atoms with Crippen LogP contribution in [-0.4, -0.2) is 47.0 Å². The maximum atomic E-state index is 12.5. The van der Waals surface area contributed by atoms with Crippen LogP contribution >= 0.6 is 0 Å². The molecule has 0 radical (unpaired) electrons. The Morgan fingerprint density at radius 1 is 1.30 bits per heavy atom. The minimum Gasteiger partial charge on any atom is -0.395 e. The van der Waals surface area contributed by atoms with Crippen molar-refractivity contribution in [3.63, 3.8) is 0 Å². The second-order valence-electron chi connectivity index (χ2n) is 4.25. The van der Waals surface area contributed by atoms with Gasteiger partial charge in [-0.05, 0) is 12.1 Å². The molecule has 2 aromatic rings. The fourth-order valence-corrected chi connectivity index (χ4v) is 2.01. The third-order valence-corrected chi connectivity index (χ3v) is 2.88. The fourth-order valence-electron chi connectivity index (χ4n) is 2.01. The Kier molecular flexibility index (Phi) is 4.57. The van der Waals surface area contributed by atoms with Gasteiger partial charge in [-0.1, -0.05) is 18.2 Å². The summed E-state index contributed by atoms with van der Waals surface area (Å²) in [5, 5.41) is 9.67. The average molecular weight is 280 g/mol. The Morgan fingerprint density at radius 2 is 2.05 bits per heavy atom. The number of rotatable bonds is 5. The van der Waals surface area contributed by atoms with E-state index in [0.717, 1.165) is 10.3 Å². The highest BCUT2D eigenvalue weighted by Crippen LogP contribution is 2.18. The molecule has 0 fully saturated rings. The fraction of sp³-hybridized carbons (Fsp3) is 0.286. The monoisotopic (exact) mass is 280 g/mol. The van der Waals surface area contributed by atoms with E-state index in [4.69, 9.17) is 5.11 Å². The number of carbonyl (C=O) groups is 1. The van der Waals surface area contributed by atoms with Gasteiger partial charge >= 0.3 is 0 Å². The van der Waals surface area contributed by atoms with Crippen LogP contribution in [0.25, 0.3) is 10.9 Å². The number of fused-ring (bicyclic) bond motifs is 1. The van der Waals surface area contributed by atoms with Crippen LogP contribution in [0.3, 0.4) is 0 Å². The lowest BCUT2D eigenvalue weighted by atomic mass is 10.1. The smallest absolute Gasteiger partial charge is 0.256 e. The molecule has 20 heavy (non-hydrogen) atoms. The van der Waals surface area contributed by atoms with E-state index >= 15 is 0 Å². The number of carbonyl (C=O) groups excluding carboxylic acids is 1. The number of nitrogens with zero attached hydrogens (tertiary/aromatic N) is 2. The molecule has 0 bridgehead atoms. The third-order valence-electron chi connectivity index (χ3n) is 2.88. The van der Waals surface area contributed by atoms with Crippen LogP contribution in [0, 0.1) is 0 Å². The van der Waals surface area contributed by atoms with E-state index in [0.29, 0.717) is 5.52 Å². The zero-order valence-corrected chi connectivity index (χ0v) is 10.7. The molecule has 0 aliphatic rings. The molecule has 0 saturated carbocycles. The number of aliphatic hydroxyl groups is 1. The quantitative estimate of drug-likeness (QED) is 0.910. The number of pyridine rings is 1. The van der Waals surface area contributed by atoms with Gasteiger partial charge < -0.3 is 10.0 Å². The zero-order chi connectivity index (χ0) is 14.5. The molecular weight excluding hydrogens is 266 g/mol. The molecule has 0 aliphatic carbocycles. The van der Waals surface area contributed by atoms with Crippen molar-refractivity contribution < 1.29 is 18.7 Å². The predicted molar refractivity (Wildman–Crippen MR) is 70.7 cm³/mol. The first kappa shape index (κ1) is 14.3. The van der Waals surface area contributed by atoms with E-state index in [1.807, 2.05) is 0 Å². The maximum Gasteiger partial charge on any atom is 0.256 e. The molecule has 4 nitrogen and oxygen atoms in total. The van der Waals surface area contributed by atoms with Crippen LogP contribution in [-0.2, 0) is 0 Å². The summed E-state index contributed by atoms with van der Waals surface area (Å²) in [7, 11) is 0. The topological polar surface area (TPSA) is 53.4 Å². The lowest BCUT2D eigenvalue weighted by Gasteiger charge is -2.21. The Balaban J connectivity index is 2.38. The number of aromatic nitrogens is 1. The van der Waals surface area contributed by atoms with Gasteiger partial charge in [0.2, 0.25) is 0 Å². The predicted octanol–water partition coefficient (Wildman–Crippen LogP) is 1.93. The number of hydrogen-bond donors (Lipinski definition) is 1. The van der Waals surface area contributed by atoms with E-state index in [1.165, 1.54) is 0 Å². The summed E-state index contributed by atoms with van der Waals surface area (Å²) in [5.74, 6) is -0.552. The van der Waals surface area contributed by atoms with Crippen LogP contribution < -0.4 is 0 Å². The molecule has 0 atom stereocenters. The third kappa shape index (κ3) is 3.08. The number of amides is 1. The molecule has 1 heterocycles. The molecule has 0 unspecified atom stereocenters. The molecule has 0 aliphatic heterocycles. The first-order valence-corrected chi connectivity index (χ1v) is 6.15. The molecule has 106 valence electrons. The summed E-state index contributed by atoms with van der Waals surface area (Å²) in [6.07, 6.45) is -1.10. The van der Waals surface area contributed by atoms with E-state index < -0.39 is 18.9 Å². The number of halogens is 2. The summed E-state index contributed by atoms with van der Waals surface area (Å²) in [6, 6.07) is 8.55. The number of para-hydroxylation sites is 1. The molecule has 1 amide bonds. The van der Waals surface area contributed by atoms with Crippen molar-refractivity contribution in [1.29, 1.82) is 0 Å². The highest BCUT2D eigenvalue weighted by atomic mass is 19.3. The largest absolute Gasteiger partial charge is 0.395 e. The van der Waals surface area contributed by atoms with Gasteiger partial charge in [0.05, 0.1) is 24.2 Å². The van der Waals surface area contributed by atoms with Crippen molar-refractivity contribution in [2.45, 2.75) is 6.43 Å². The van der Waals surface area contributed by atoms with E-state index in [9.17, 15) is 13.6 Å². The molecule has 1 N–H and O–H groups in total. The van der Waals surface area contributed by atoms with Gasteiger partial charge in [0, 0.05) is 18.1 Å². The normalized spacial score (nSPS) is 11.0. The molecule has 6 heteroatoms. The SMILES string of the molecule is O=C(c1cccc2cccnc12)N(CCO)CC(F)F. The van der Waals surface area contributed by atoms with Gasteiger partial charge in [0.15, 0.2) is 0 Å². The summed E-state index contributed by atoms with van der Waals surface area (Å²) < 4.78 is 25.0. The van der Waals surface area contributed by atoms with Crippen LogP contribution in [0.1, 0.15) is 10.4 Å². The molecule has 1 aromatic carbocycles. The molecular formula is C14H14F2N2O2. The van der Waals surface area contributed by atoms with Crippen molar-refractivity contribution in [1.82, 2.24) is 9.88 Å². The number of hydrogen-bond acceptors (Lipinski definition) is 3. The highest BCUT2D eigenvalue weighted by Gasteiger charge is 2.21. The molecule has 0 saturated heterocycles. The maximum absolute atomic E-state index is 12.5. The van der Waals surface area contributed by atoms with Crippen molar-refractivity contribution >= 4 is 16.8 Å². The van der Waals surface area contributed by atoms with Gasteiger partial charge in [0.25, 0.3) is 12.3 Å². The lowest BCUT2D eigenvalue weighted by molar-refractivity contribution is 0.0510.